The maximum atomic E-state index is 12.3. The van der Waals surface area contributed by atoms with Crippen molar-refractivity contribution in [3.05, 3.63) is 52.4 Å². The Morgan fingerprint density at radius 3 is 2.55 bits per heavy atom. The van der Waals surface area contributed by atoms with Crippen LogP contribution in [-0.4, -0.2) is 13.0 Å². The van der Waals surface area contributed by atoms with Gasteiger partial charge < -0.3 is 10.3 Å². The zero-order valence-corrected chi connectivity index (χ0v) is 11.9. The number of anilines is 2. The van der Waals surface area contributed by atoms with Gasteiger partial charge in [0.15, 0.2) is 0 Å². The number of sulfonamides is 1. The third-order valence-corrected chi connectivity index (χ3v) is 4.36. The number of aromatic nitrogens is 1. The van der Waals surface area contributed by atoms with E-state index in [2.05, 4.69) is 4.72 Å². The third kappa shape index (κ3) is 2.83. The predicted octanol–water partition coefficient (Wildman–Crippen LogP) is 1.08. The fourth-order valence-corrected chi connectivity index (χ4v) is 3.09. The van der Waals surface area contributed by atoms with Crippen molar-refractivity contribution in [3.63, 3.8) is 0 Å². The molecule has 0 amide bonds. The average Bonchev–Trinajstić information content (AvgIpc) is 2.36. The Labute approximate surface area is 116 Å². The molecule has 0 unspecified atom stereocenters. The summed E-state index contributed by atoms with van der Waals surface area (Å²) in [6, 6.07) is 7.40. The van der Waals surface area contributed by atoms with Gasteiger partial charge >= 0.3 is 0 Å². The number of nitrogens with one attached hydrogen (secondary N) is 1. The van der Waals surface area contributed by atoms with Crippen molar-refractivity contribution in [2.45, 2.75) is 11.8 Å². The molecule has 0 bridgehead atoms. The molecule has 0 atom stereocenters. The van der Waals surface area contributed by atoms with Gasteiger partial charge in [0.2, 0.25) is 5.56 Å². The summed E-state index contributed by atoms with van der Waals surface area (Å²) in [5, 5.41) is 0. The van der Waals surface area contributed by atoms with Crippen LogP contribution in [0, 0.1) is 6.92 Å². The van der Waals surface area contributed by atoms with E-state index >= 15 is 0 Å². The first-order chi connectivity index (χ1) is 9.29. The summed E-state index contributed by atoms with van der Waals surface area (Å²) in [5.41, 5.74) is 6.69. The van der Waals surface area contributed by atoms with Crippen LogP contribution in [-0.2, 0) is 17.1 Å². The molecular weight excluding hydrogens is 278 g/mol. The van der Waals surface area contributed by atoms with Crippen LogP contribution in [0.2, 0.25) is 0 Å². The van der Waals surface area contributed by atoms with Crippen LogP contribution in [0.5, 0.6) is 0 Å². The van der Waals surface area contributed by atoms with E-state index in [0.717, 1.165) is 0 Å². The second kappa shape index (κ2) is 5.01. The molecule has 0 aliphatic carbocycles. The summed E-state index contributed by atoms with van der Waals surface area (Å²) in [7, 11) is -2.19. The Morgan fingerprint density at radius 2 is 1.90 bits per heavy atom. The lowest BCUT2D eigenvalue weighted by molar-refractivity contribution is 0.600. The van der Waals surface area contributed by atoms with E-state index in [9.17, 15) is 13.2 Å². The monoisotopic (exact) mass is 293 g/mol. The molecule has 1 aromatic carbocycles. The topological polar surface area (TPSA) is 94.2 Å². The van der Waals surface area contributed by atoms with Gasteiger partial charge in [-0.15, -0.1) is 0 Å². The van der Waals surface area contributed by atoms with Gasteiger partial charge in [0.1, 0.15) is 0 Å². The van der Waals surface area contributed by atoms with Crippen molar-refractivity contribution in [3.8, 4) is 0 Å². The number of benzene rings is 1. The highest BCUT2D eigenvalue weighted by Crippen LogP contribution is 2.21. The van der Waals surface area contributed by atoms with Crippen LogP contribution < -0.4 is 16.0 Å². The Kier molecular flexibility index (Phi) is 3.54. The molecule has 1 aromatic heterocycles. The number of nitrogens with zero attached hydrogens (tertiary/aromatic N) is 1. The van der Waals surface area contributed by atoms with Crippen molar-refractivity contribution in [2.75, 3.05) is 10.5 Å². The van der Waals surface area contributed by atoms with Crippen molar-refractivity contribution in [1.82, 2.24) is 4.57 Å². The van der Waals surface area contributed by atoms with E-state index in [1.54, 1.807) is 26.1 Å². The van der Waals surface area contributed by atoms with E-state index in [1.165, 1.54) is 29.0 Å². The molecule has 6 nitrogen and oxygen atoms in total. The highest BCUT2D eigenvalue weighted by molar-refractivity contribution is 7.92. The van der Waals surface area contributed by atoms with Gasteiger partial charge in [-0.2, -0.15) is 0 Å². The first-order valence-electron chi connectivity index (χ1n) is 5.85. The maximum Gasteiger partial charge on any atom is 0.262 e. The van der Waals surface area contributed by atoms with Crippen LogP contribution in [0.4, 0.5) is 11.4 Å². The first-order valence-corrected chi connectivity index (χ1v) is 7.33. The van der Waals surface area contributed by atoms with Crippen molar-refractivity contribution in [1.29, 1.82) is 0 Å². The highest BCUT2D eigenvalue weighted by Gasteiger charge is 2.17. The number of nitrogens with two attached hydrogens (primary N) is 1. The summed E-state index contributed by atoms with van der Waals surface area (Å²) >= 11 is 0. The Morgan fingerprint density at radius 1 is 1.20 bits per heavy atom. The largest absolute Gasteiger partial charge is 0.399 e. The van der Waals surface area contributed by atoms with E-state index < -0.39 is 10.0 Å². The van der Waals surface area contributed by atoms with Crippen molar-refractivity contribution < 1.29 is 8.42 Å². The fraction of sp³-hybridized carbons (Fsp3) is 0.154. The van der Waals surface area contributed by atoms with Gasteiger partial charge in [-0.25, -0.2) is 8.42 Å². The molecule has 0 spiro atoms. The van der Waals surface area contributed by atoms with Crippen LogP contribution in [0.3, 0.4) is 0 Å². The molecule has 0 aliphatic rings. The summed E-state index contributed by atoms with van der Waals surface area (Å²) < 4.78 is 28.4. The Bertz CT molecular complexity index is 810. The molecule has 0 aliphatic heterocycles. The molecule has 1 heterocycles. The van der Waals surface area contributed by atoms with Crippen LogP contribution >= 0.6 is 0 Å². The molecule has 2 aromatic rings. The Hall–Kier alpha value is -2.28. The van der Waals surface area contributed by atoms with E-state index in [-0.39, 0.29) is 10.5 Å². The van der Waals surface area contributed by atoms with Gasteiger partial charge in [0.25, 0.3) is 10.0 Å². The number of aryl methyl sites for hydroxylation is 2. The quantitative estimate of drug-likeness (QED) is 0.828. The first kappa shape index (κ1) is 14.1. The Balaban J connectivity index is 2.43. The molecule has 7 heteroatoms. The van der Waals surface area contributed by atoms with Gasteiger partial charge in [-0.1, -0.05) is 6.07 Å². The van der Waals surface area contributed by atoms with Gasteiger partial charge in [-0.05, 0) is 30.7 Å². The average molecular weight is 293 g/mol. The molecule has 2 rings (SSSR count). The van der Waals surface area contributed by atoms with Crippen LogP contribution in [0.1, 0.15) is 5.56 Å². The third-order valence-electron chi connectivity index (χ3n) is 2.84. The SMILES string of the molecule is Cc1ccc(N)cc1S(=O)(=O)Nc1ccc(=O)n(C)c1. The molecule has 0 radical (unpaired) electrons. The van der Waals surface area contributed by atoms with E-state index in [1.807, 2.05) is 0 Å². The van der Waals surface area contributed by atoms with Crippen LogP contribution in [0.25, 0.3) is 0 Å². The zero-order valence-electron chi connectivity index (χ0n) is 11.1. The standard InChI is InChI=1S/C13H15N3O3S/c1-9-3-4-10(14)7-12(9)20(18,19)15-11-5-6-13(17)16(2)8-11/h3-8,15H,14H2,1-2H3. The van der Waals surface area contributed by atoms with Gasteiger partial charge in [-0.3, -0.25) is 9.52 Å². The molecule has 0 saturated carbocycles. The molecule has 20 heavy (non-hydrogen) atoms. The fourth-order valence-electron chi connectivity index (χ4n) is 1.77. The lowest BCUT2D eigenvalue weighted by atomic mass is 10.2. The number of hydrogen-bond donors (Lipinski definition) is 2. The number of rotatable bonds is 3. The molecule has 0 fully saturated rings. The van der Waals surface area contributed by atoms with Crippen molar-refractivity contribution >= 4 is 21.4 Å². The number of hydrogen-bond acceptors (Lipinski definition) is 4. The second-order valence-electron chi connectivity index (χ2n) is 4.50. The lowest BCUT2D eigenvalue weighted by Crippen LogP contribution is -2.19. The van der Waals surface area contributed by atoms with E-state index in [4.69, 9.17) is 5.73 Å². The minimum absolute atomic E-state index is 0.117. The van der Waals surface area contributed by atoms with Crippen molar-refractivity contribution in [2.24, 2.45) is 7.05 Å². The normalized spacial score (nSPS) is 11.3. The number of nitrogen functional groups attached to an aromatic ring is 1. The summed E-state index contributed by atoms with van der Waals surface area (Å²) in [6.07, 6.45) is 1.42. The maximum absolute atomic E-state index is 12.3. The van der Waals surface area contributed by atoms with Gasteiger partial charge in [0.05, 0.1) is 10.6 Å². The highest BCUT2D eigenvalue weighted by atomic mass is 32.2. The lowest BCUT2D eigenvalue weighted by Gasteiger charge is -2.11. The predicted molar refractivity (Wildman–Crippen MR) is 78.1 cm³/mol. The minimum Gasteiger partial charge on any atom is -0.399 e. The van der Waals surface area contributed by atoms with Gasteiger partial charge in [0, 0.05) is 25.0 Å². The number of pyridine rings is 1. The molecular formula is C13H15N3O3S. The van der Waals surface area contributed by atoms with Crippen LogP contribution in [0.15, 0.2) is 46.2 Å². The minimum atomic E-state index is -3.74. The van der Waals surface area contributed by atoms with E-state index in [0.29, 0.717) is 16.9 Å². The summed E-state index contributed by atoms with van der Waals surface area (Å²) in [6.45, 7) is 1.69. The summed E-state index contributed by atoms with van der Waals surface area (Å²) in [5.74, 6) is 0. The second-order valence-corrected chi connectivity index (χ2v) is 6.15. The smallest absolute Gasteiger partial charge is 0.262 e. The summed E-state index contributed by atoms with van der Waals surface area (Å²) in [4.78, 5) is 11.4. The molecule has 106 valence electrons. The molecule has 3 N–H and O–H groups in total. The zero-order chi connectivity index (χ0) is 14.9. The molecule has 0 saturated heterocycles.